The summed E-state index contributed by atoms with van der Waals surface area (Å²) in [4.78, 5) is 0.0730. The maximum Gasteiger partial charge on any atom is 0.262 e. The van der Waals surface area contributed by atoms with Crippen LogP contribution in [0.5, 0.6) is 0 Å². The van der Waals surface area contributed by atoms with Crippen LogP contribution in [-0.2, 0) is 23.0 Å². The summed E-state index contributed by atoms with van der Waals surface area (Å²) in [6.07, 6.45) is 0.865. The van der Waals surface area contributed by atoms with E-state index < -0.39 is 15.8 Å². The van der Waals surface area contributed by atoms with Gasteiger partial charge in [0, 0.05) is 23.0 Å². The fraction of sp³-hybridized carbons (Fsp3) is 0.158. The lowest BCUT2D eigenvalue weighted by Gasteiger charge is -2.18. The van der Waals surface area contributed by atoms with Crippen molar-refractivity contribution in [2.24, 2.45) is 0 Å². The van der Waals surface area contributed by atoms with Crippen LogP contribution in [-0.4, -0.2) is 15.0 Å². The number of sulfonamides is 1. The number of fused-ring (bicyclic) bond motifs is 2. The largest absolute Gasteiger partial charge is 0.312 e. The van der Waals surface area contributed by atoms with Gasteiger partial charge in [-0.15, -0.1) is 0 Å². The number of anilines is 1. The smallest absolute Gasteiger partial charge is 0.262 e. The van der Waals surface area contributed by atoms with Gasteiger partial charge in [0.25, 0.3) is 10.0 Å². The fourth-order valence-corrected chi connectivity index (χ4v) is 4.48. The van der Waals surface area contributed by atoms with Crippen molar-refractivity contribution in [1.29, 1.82) is 0 Å². The topological polar surface area (TPSA) is 58.2 Å². The van der Waals surface area contributed by atoms with E-state index in [1.54, 1.807) is 30.3 Å². The molecule has 0 amide bonds. The summed E-state index contributed by atoms with van der Waals surface area (Å²) in [5.74, 6) is -0.434. The van der Waals surface area contributed by atoms with Gasteiger partial charge in [0.15, 0.2) is 0 Å². The van der Waals surface area contributed by atoms with Crippen LogP contribution in [0.2, 0.25) is 0 Å². The van der Waals surface area contributed by atoms with Gasteiger partial charge in [-0.25, -0.2) is 12.8 Å². The third kappa shape index (κ3) is 2.99. The highest BCUT2D eigenvalue weighted by Crippen LogP contribution is 2.28. The molecule has 25 heavy (non-hydrogen) atoms. The molecule has 0 radical (unpaired) electrons. The Morgan fingerprint density at radius 2 is 1.76 bits per heavy atom. The third-order valence-electron chi connectivity index (χ3n) is 4.47. The van der Waals surface area contributed by atoms with Crippen LogP contribution < -0.4 is 10.0 Å². The second kappa shape index (κ2) is 6.13. The van der Waals surface area contributed by atoms with Gasteiger partial charge in [-0.05, 0) is 48.4 Å². The average Bonchev–Trinajstić information content (AvgIpc) is 2.61. The van der Waals surface area contributed by atoms with E-state index in [0.717, 1.165) is 25.1 Å². The molecule has 1 aliphatic rings. The van der Waals surface area contributed by atoms with E-state index in [0.29, 0.717) is 16.5 Å². The molecule has 128 valence electrons. The number of benzene rings is 3. The summed E-state index contributed by atoms with van der Waals surface area (Å²) in [6, 6.07) is 14.6. The number of hydrogen-bond acceptors (Lipinski definition) is 3. The van der Waals surface area contributed by atoms with Crippen molar-refractivity contribution in [3.05, 3.63) is 71.5 Å². The van der Waals surface area contributed by atoms with Gasteiger partial charge in [-0.3, -0.25) is 4.72 Å². The van der Waals surface area contributed by atoms with E-state index in [9.17, 15) is 12.8 Å². The van der Waals surface area contributed by atoms with E-state index in [1.165, 1.54) is 17.7 Å². The third-order valence-corrected chi connectivity index (χ3v) is 5.90. The average molecular weight is 356 g/mol. The molecule has 0 aliphatic carbocycles. The van der Waals surface area contributed by atoms with Gasteiger partial charge in [-0.1, -0.05) is 30.3 Å². The first-order valence-electron chi connectivity index (χ1n) is 8.07. The maximum atomic E-state index is 13.9. The molecule has 3 aromatic carbocycles. The molecule has 3 aromatic rings. The number of nitrogens with one attached hydrogen (secondary N) is 2. The predicted octanol–water partition coefficient (Wildman–Crippen LogP) is 3.43. The first kappa shape index (κ1) is 16.1. The molecular weight excluding hydrogens is 339 g/mol. The lowest BCUT2D eigenvalue weighted by molar-refractivity contribution is 0.601. The molecule has 0 atom stereocenters. The van der Waals surface area contributed by atoms with Crippen molar-refractivity contribution < 1.29 is 12.8 Å². The van der Waals surface area contributed by atoms with E-state index >= 15 is 0 Å². The van der Waals surface area contributed by atoms with Crippen LogP contribution in [0.25, 0.3) is 10.8 Å². The van der Waals surface area contributed by atoms with E-state index in [2.05, 4.69) is 10.0 Å². The van der Waals surface area contributed by atoms with E-state index in [-0.39, 0.29) is 4.90 Å². The SMILES string of the molecule is O=S(=O)(Nc1ccc2c(c1)CCNC2)c1ccc(F)c2ccccc12. The molecular formula is C19H17FN2O2S. The molecule has 0 saturated heterocycles. The molecule has 0 spiro atoms. The first-order valence-corrected chi connectivity index (χ1v) is 9.55. The molecule has 0 bridgehead atoms. The lowest BCUT2D eigenvalue weighted by atomic mass is 10.0. The second-order valence-corrected chi connectivity index (χ2v) is 7.76. The van der Waals surface area contributed by atoms with Gasteiger partial charge in [-0.2, -0.15) is 0 Å². The molecule has 6 heteroatoms. The number of rotatable bonds is 3. The molecule has 0 aromatic heterocycles. The van der Waals surface area contributed by atoms with Crippen molar-refractivity contribution in [3.8, 4) is 0 Å². The summed E-state index contributed by atoms with van der Waals surface area (Å²) < 4.78 is 42.3. The summed E-state index contributed by atoms with van der Waals surface area (Å²) in [6.45, 7) is 1.68. The van der Waals surface area contributed by atoms with Crippen molar-refractivity contribution >= 4 is 26.5 Å². The van der Waals surface area contributed by atoms with E-state index in [4.69, 9.17) is 0 Å². The van der Waals surface area contributed by atoms with Gasteiger partial charge in [0.05, 0.1) is 4.90 Å². The Hall–Kier alpha value is -2.44. The molecule has 1 heterocycles. The van der Waals surface area contributed by atoms with Crippen molar-refractivity contribution in [2.45, 2.75) is 17.9 Å². The minimum Gasteiger partial charge on any atom is -0.312 e. The predicted molar refractivity (Wildman–Crippen MR) is 96.6 cm³/mol. The quantitative estimate of drug-likeness (QED) is 0.756. The molecule has 4 rings (SSSR count). The molecule has 4 nitrogen and oxygen atoms in total. The van der Waals surface area contributed by atoms with Crippen LogP contribution in [0.4, 0.5) is 10.1 Å². The van der Waals surface area contributed by atoms with Crippen molar-refractivity contribution in [2.75, 3.05) is 11.3 Å². The van der Waals surface area contributed by atoms with Crippen LogP contribution in [0.15, 0.2) is 59.5 Å². The molecule has 1 aliphatic heterocycles. The Morgan fingerprint density at radius 1 is 0.960 bits per heavy atom. The first-order chi connectivity index (χ1) is 12.0. The second-order valence-electron chi connectivity index (χ2n) is 6.11. The fourth-order valence-electron chi connectivity index (χ4n) is 3.22. The zero-order valence-corrected chi connectivity index (χ0v) is 14.2. The van der Waals surface area contributed by atoms with Crippen LogP contribution in [0.3, 0.4) is 0 Å². The van der Waals surface area contributed by atoms with Crippen LogP contribution >= 0.6 is 0 Å². The normalized spacial score (nSPS) is 14.3. The maximum absolute atomic E-state index is 13.9. The minimum absolute atomic E-state index is 0.0730. The van der Waals surface area contributed by atoms with Gasteiger partial charge in [0.1, 0.15) is 5.82 Å². The minimum atomic E-state index is -3.82. The summed E-state index contributed by atoms with van der Waals surface area (Å²) in [7, 11) is -3.82. The van der Waals surface area contributed by atoms with E-state index in [1.807, 2.05) is 12.1 Å². The van der Waals surface area contributed by atoms with Crippen molar-refractivity contribution in [3.63, 3.8) is 0 Å². The summed E-state index contributed by atoms with van der Waals surface area (Å²) >= 11 is 0. The molecule has 2 N–H and O–H groups in total. The zero-order valence-electron chi connectivity index (χ0n) is 13.4. The Labute approximate surface area is 145 Å². The van der Waals surface area contributed by atoms with Gasteiger partial charge < -0.3 is 5.32 Å². The molecule has 0 fully saturated rings. The summed E-state index contributed by atoms with van der Waals surface area (Å²) in [5, 5.41) is 3.95. The Bertz CT molecular complexity index is 1060. The van der Waals surface area contributed by atoms with Gasteiger partial charge >= 0.3 is 0 Å². The molecule has 0 unspecified atom stereocenters. The van der Waals surface area contributed by atoms with Crippen LogP contribution in [0, 0.1) is 5.82 Å². The van der Waals surface area contributed by atoms with Crippen molar-refractivity contribution in [1.82, 2.24) is 5.32 Å². The standard InChI is InChI=1S/C19H17FN2O2S/c20-18-7-8-19(17-4-2-1-3-16(17)18)25(23,24)22-15-6-5-14-12-21-10-9-13(14)11-15/h1-8,11,21-22H,9-10,12H2. The zero-order chi connectivity index (χ0) is 17.4. The Kier molecular flexibility index (Phi) is 3.94. The Balaban J connectivity index is 1.75. The highest BCUT2D eigenvalue weighted by molar-refractivity contribution is 7.93. The monoisotopic (exact) mass is 356 g/mol. The van der Waals surface area contributed by atoms with Gasteiger partial charge in [0.2, 0.25) is 0 Å². The number of hydrogen-bond donors (Lipinski definition) is 2. The highest BCUT2D eigenvalue weighted by atomic mass is 32.2. The van der Waals surface area contributed by atoms with Crippen LogP contribution in [0.1, 0.15) is 11.1 Å². The summed E-state index contributed by atoms with van der Waals surface area (Å²) in [5.41, 5.74) is 2.85. The number of halogens is 1. The molecule has 0 saturated carbocycles. The Morgan fingerprint density at radius 3 is 2.60 bits per heavy atom. The highest BCUT2D eigenvalue weighted by Gasteiger charge is 2.19. The lowest BCUT2D eigenvalue weighted by Crippen LogP contribution is -2.23.